The van der Waals surface area contributed by atoms with Crippen LogP contribution in [0, 0.1) is 12.7 Å². The lowest BCUT2D eigenvalue weighted by atomic mass is 10.1. The number of hydrogen-bond donors (Lipinski definition) is 0. The smallest absolute Gasteiger partial charge is 0.341 e. The number of carbonyl (C=O) groups is 1. The molecular formula is C9H7FO2. The first-order valence-corrected chi connectivity index (χ1v) is 3.65. The van der Waals surface area contributed by atoms with Crippen molar-refractivity contribution in [1.29, 1.82) is 0 Å². The molecule has 0 fully saturated rings. The first-order chi connectivity index (χ1) is 5.70. The predicted molar refractivity (Wildman–Crippen MR) is 40.3 cm³/mol. The second-order valence-corrected chi connectivity index (χ2v) is 2.81. The number of halogens is 1. The molecule has 0 saturated carbocycles. The Morgan fingerprint density at radius 1 is 1.50 bits per heavy atom. The highest BCUT2D eigenvalue weighted by Gasteiger charge is 2.25. The number of cyclic esters (lactones) is 1. The lowest BCUT2D eigenvalue weighted by Gasteiger charge is -1.98. The van der Waals surface area contributed by atoms with Crippen LogP contribution < -0.4 is 0 Å². The maximum Gasteiger partial charge on any atom is 0.341 e. The third kappa shape index (κ3) is 0.826. The molecule has 2 nitrogen and oxygen atoms in total. The molecule has 1 aromatic rings. The van der Waals surface area contributed by atoms with E-state index in [-0.39, 0.29) is 12.2 Å². The molecular weight excluding hydrogens is 159 g/mol. The van der Waals surface area contributed by atoms with Gasteiger partial charge in [0.2, 0.25) is 0 Å². The first-order valence-electron chi connectivity index (χ1n) is 3.65. The monoisotopic (exact) mass is 166 g/mol. The number of hydrogen-bond acceptors (Lipinski definition) is 2. The summed E-state index contributed by atoms with van der Waals surface area (Å²) in [6, 6.07) is 3.37. The molecule has 0 radical (unpaired) electrons. The Morgan fingerprint density at radius 2 is 2.25 bits per heavy atom. The zero-order valence-electron chi connectivity index (χ0n) is 6.56. The van der Waals surface area contributed by atoms with E-state index in [0.29, 0.717) is 11.1 Å². The Labute approximate surface area is 69.0 Å². The molecule has 0 unspecified atom stereocenters. The number of carbonyl (C=O) groups excluding carboxylic acids is 1. The van der Waals surface area contributed by atoms with Gasteiger partial charge in [-0.15, -0.1) is 0 Å². The van der Waals surface area contributed by atoms with Gasteiger partial charge in [0.15, 0.2) is 0 Å². The average Bonchev–Trinajstić information content (AvgIpc) is 2.41. The van der Waals surface area contributed by atoms with E-state index < -0.39 is 11.8 Å². The number of rotatable bonds is 0. The van der Waals surface area contributed by atoms with Gasteiger partial charge in [-0.3, -0.25) is 0 Å². The van der Waals surface area contributed by atoms with E-state index in [1.54, 1.807) is 19.1 Å². The Bertz CT molecular complexity index is 358. The van der Waals surface area contributed by atoms with Crippen molar-refractivity contribution in [2.75, 3.05) is 0 Å². The van der Waals surface area contributed by atoms with E-state index in [2.05, 4.69) is 4.74 Å². The van der Waals surface area contributed by atoms with Gasteiger partial charge in [0, 0.05) is 5.56 Å². The van der Waals surface area contributed by atoms with Crippen LogP contribution in [0.1, 0.15) is 21.5 Å². The van der Waals surface area contributed by atoms with Crippen molar-refractivity contribution < 1.29 is 13.9 Å². The molecule has 1 aliphatic rings. The van der Waals surface area contributed by atoms with Crippen molar-refractivity contribution in [3.63, 3.8) is 0 Å². The Kier molecular flexibility index (Phi) is 1.40. The number of benzene rings is 1. The maximum absolute atomic E-state index is 13.3. The summed E-state index contributed by atoms with van der Waals surface area (Å²) in [5.74, 6) is -0.999. The van der Waals surface area contributed by atoms with E-state index in [9.17, 15) is 9.18 Å². The molecule has 2 rings (SSSR count). The standard InChI is InChI=1S/C9H7FO2/c1-5-2-3-6-4-12-9(11)7(6)8(5)10/h2-3H,4H2,1H3. The van der Waals surface area contributed by atoms with Gasteiger partial charge in [-0.25, -0.2) is 9.18 Å². The molecule has 0 saturated heterocycles. The summed E-state index contributed by atoms with van der Waals surface area (Å²) in [5, 5.41) is 0. The predicted octanol–water partition coefficient (Wildman–Crippen LogP) is 1.80. The van der Waals surface area contributed by atoms with Gasteiger partial charge in [-0.2, -0.15) is 0 Å². The molecule has 0 atom stereocenters. The number of esters is 1. The lowest BCUT2D eigenvalue weighted by Crippen LogP contribution is -1.99. The van der Waals surface area contributed by atoms with Crippen LogP contribution in [0.25, 0.3) is 0 Å². The molecule has 0 amide bonds. The summed E-state index contributed by atoms with van der Waals surface area (Å²) in [4.78, 5) is 11.0. The molecule has 62 valence electrons. The molecule has 0 spiro atoms. The van der Waals surface area contributed by atoms with Gasteiger partial charge in [-0.1, -0.05) is 12.1 Å². The quantitative estimate of drug-likeness (QED) is 0.549. The van der Waals surface area contributed by atoms with Crippen molar-refractivity contribution >= 4 is 5.97 Å². The first kappa shape index (κ1) is 7.28. The van der Waals surface area contributed by atoms with Crippen molar-refractivity contribution in [3.05, 3.63) is 34.6 Å². The van der Waals surface area contributed by atoms with Gasteiger partial charge in [0.1, 0.15) is 18.0 Å². The molecule has 12 heavy (non-hydrogen) atoms. The fourth-order valence-corrected chi connectivity index (χ4v) is 1.28. The van der Waals surface area contributed by atoms with Crippen LogP contribution in [-0.4, -0.2) is 5.97 Å². The van der Waals surface area contributed by atoms with E-state index in [1.807, 2.05) is 0 Å². The molecule has 0 aliphatic carbocycles. The molecule has 0 N–H and O–H groups in total. The van der Waals surface area contributed by atoms with Crippen LogP contribution in [0.2, 0.25) is 0 Å². The number of ether oxygens (including phenoxy) is 1. The Hall–Kier alpha value is -1.38. The fraction of sp³-hybridized carbons (Fsp3) is 0.222. The molecule has 0 aromatic heterocycles. The van der Waals surface area contributed by atoms with E-state index in [4.69, 9.17) is 0 Å². The minimum atomic E-state index is -0.550. The summed E-state index contributed by atoms with van der Waals surface area (Å²) < 4.78 is 17.9. The molecule has 1 heterocycles. The Morgan fingerprint density at radius 3 is 3.00 bits per heavy atom. The van der Waals surface area contributed by atoms with Crippen molar-refractivity contribution in [3.8, 4) is 0 Å². The molecule has 3 heteroatoms. The maximum atomic E-state index is 13.3. The van der Waals surface area contributed by atoms with Crippen LogP contribution in [0.4, 0.5) is 4.39 Å². The van der Waals surface area contributed by atoms with Gasteiger partial charge >= 0.3 is 5.97 Å². The summed E-state index contributed by atoms with van der Waals surface area (Å²) in [6.07, 6.45) is 0. The third-order valence-corrected chi connectivity index (χ3v) is 1.98. The van der Waals surface area contributed by atoms with Crippen molar-refractivity contribution in [1.82, 2.24) is 0 Å². The zero-order chi connectivity index (χ0) is 8.72. The van der Waals surface area contributed by atoms with Crippen LogP contribution in [0.5, 0.6) is 0 Å². The van der Waals surface area contributed by atoms with Gasteiger partial charge < -0.3 is 4.74 Å². The van der Waals surface area contributed by atoms with Crippen LogP contribution in [-0.2, 0) is 11.3 Å². The van der Waals surface area contributed by atoms with Crippen molar-refractivity contribution in [2.45, 2.75) is 13.5 Å². The Balaban J connectivity index is 2.71. The number of fused-ring (bicyclic) bond motifs is 1. The van der Waals surface area contributed by atoms with Gasteiger partial charge in [0.25, 0.3) is 0 Å². The summed E-state index contributed by atoms with van der Waals surface area (Å²) in [6.45, 7) is 1.83. The van der Waals surface area contributed by atoms with E-state index in [0.717, 1.165) is 0 Å². The molecule has 1 aromatic carbocycles. The molecule has 1 aliphatic heterocycles. The average molecular weight is 166 g/mol. The summed E-state index contributed by atoms with van der Waals surface area (Å²) in [7, 11) is 0. The minimum Gasteiger partial charge on any atom is -0.457 e. The van der Waals surface area contributed by atoms with Crippen LogP contribution in [0.15, 0.2) is 12.1 Å². The van der Waals surface area contributed by atoms with Gasteiger partial charge in [-0.05, 0) is 12.5 Å². The van der Waals surface area contributed by atoms with E-state index >= 15 is 0 Å². The summed E-state index contributed by atoms with van der Waals surface area (Å²) >= 11 is 0. The second-order valence-electron chi connectivity index (χ2n) is 2.81. The largest absolute Gasteiger partial charge is 0.457 e. The highest BCUT2D eigenvalue weighted by molar-refractivity contribution is 5.93. The fourth-order valence-electron chi connectivity index (χ4n) is 1.28. The van der Waals surface area contributed by atoms with Crippen LogP contribution in [0.3, 0.4) is 0 Å². The lowest BCUT2D eigenvalue weighted by molar-refractivity contribution is 0.0532. The van der Waals surface area contributed by atoms with Crippen molar-refractivity contribution in [2.24, 2.45) is 0 Å². The van der Waals surface area contributed by atoms with Gasteiger partial charge in [0.05, 0.1) is 0 Å². The third-order valence-electron chi connectivity index (χ3n) is 1.98. The van der Waals surface area contributed by atoms with Crippen LogP contribution >= 0.6 is 0 Å². The number of aryl methyl sites for hydroxylation is 1. The second kappa shape index (κ2) is 2.30. The van der Waals surface area contributed by atoms with E-state index in [1.165, 1.54) is 0 Å². The molecule has 0 bridgehead atoms. The highest BCUT2D eigenvalue weighted by atomic mass is 19.1. The highest BCUT2D eigenvalue weighted by Crippen LogP contribution is 2.24. The SMILES string of the molecule is Cc1ccc2c(c1F)C(=O)OC2. The minimum absolute atomic E-state index is 0.106. The summed E-state index contributed by atoms with van der Waals surface area (Å²) in [5.41, 5.74) is 1.23. The normalized spacial score (nSPS) is 14.3. The topological polar surface area (TPSA) is 26.3 Å². The zero-order valence-corrected chi connectivity index (χ0v) is 6.56.